The van der Waals surface area contributed by atoms with Gasteiger partial charge in [0.2, 0.25) is 0 Å². The maximum atomic E-state index is 12.9. The largest absolute Gasteiger partial charge is 0.292 e. The van der Waals surface area contributed by atoms with E-state index in [0.29, 0.717) is 5.56 Å². The van der Waals surface area contributed by atoms with Gasteiger partial charge in [-0.3, -0.25) is 4.79 Å². The molecule has 3 aromatic rings. The van der Waals surface area contributed by atoms with Gasteiger partial charge in [-0.25, -0.2) is 14.1 Å². The highest BCUT2D eigenvalue weighted by atomic mass is 19.1. The fourth-order valence-corrected chi connectivity index (χ4v) is 2.04. The molecule has 0 saturated carbocycles. The lowest BCUT2D eigenvalue weighted by molar-refractivity contribution is 0.0967. The summed E-state index contributed by atoms with van der Waals surface area (Å²) in [5.74, 6) is -0.301. The van der Waals surface area contributed by atoms with Crippen molar-refractivity contribution < 1.29 is 9.18 Å². The number of halogens is 1. The van der Waals surface area contributed by atoms with Crippen molar-refractivity contribution in [1.82, 2.24) is 14.8 Å². The van der Waals surface area contributed by atoms with Crippen molar-refractivity contribution >= 4 is 5.78 Å². The quantitative estimate of drug-likeness (QED) is 0.691. The number of benzene rings is 2. The molecule has 0 radical (unpaired) electrons. The highest BCUT2D eigenvalue weighted by Crippen LogP contribution is 2.20. The van der Waals surface area contributed by atoms with E-state index in [1.54, 1.807) is 24.3 Å². The van der Waals surface area contributed by atoms with Crippen LogP contribution in [0.5, 0.6) is 0 Å². The molecule has 0 fully saturated rings. The second-order valence-corrected chi connectivity index (χ2v) is 4.60. The van der Waals surface area contributed by atoms with Gasteiger partial charge in [-0.05, 0) is 23.3 Å². The number of carbonyl (C=O) groups excluding carboxylic acids is 1. The number of aromatic nitrogens is 3. The van der Waals surface area contributed by atoms with Crippen LogP contribution in [-0.2, 0) is 6.54 Å². The Bertz CT molecular complexity index is 734. The highest BCUT2D eigenvalue weighted by Gasteiger charge is 2.07. The number of rotatable bonds is 4. The molecule has 0 atom stereocenters. The molecule has 0 unspecified atom stereocenters. The van der Waals surface area contributed by atoms with E-state index in [2.05, 4.69) is 10.1 Å². The number of hydrogen-bond acceptors (Lipinski definition) is 3. The van der Waals surface area contributed by atoms with Gasteiger partial charge in [0.25, 0.3) is 0 Å². The maximum absolute atomic E-state index is 12.9. The lowest BCUT2D eigenvalue weighted by Crippen LogP contribution is -2.10. The smallest absolute Gasteiger partial charge is 0.184 e. The molecule has 1 heterocycles. The van der Waals surface area contributed by atoms with Crippen molar-refractivity contribution in [2.45, 2.75) is 6.54 Å². The Morgan fingerprint density at radius 2 is 1.62 bits per heavy atom. The van der Waals surface area contributed by atoms with Crippen molar-refractivity contribution in [3.05, 3.63) is 72.6 Å². The first-order valence-corrected chi connectivity index (χ1v) is 6.44. The summed E-state index contributed by atoms with van der Waals surface area (Å²) in [6.45, 7) is 0.163. The average Bonchev–Trinajstić information content (AvgIpc) is 3.01. The summed E-state index contributed by atoms with van der Waals surface area (Å²) in [7, 11) is 0. The molecule has 0 aliphatic rings. The second-order valence-electron chi connectivity index (χ2n) is 4.60. The summed E-state index contributed by atoms with van der Waals surface area (Å²) in [6, 6.07) is 13.5. The molecule has 0 N–H and O–H groups in total. The minimum Gasteiger partial charge on any atom is -0.292 e. The summed E-state index contributed by atoms with van der Waals surface area (Å²) in [5.41, 5.74) is 2.45. The van der Waals surface area contributed by atoms with Crippen molar-refractivity contribution in [3.63, 3.8) is 0 Å². The normalized spacial score (nSPS) is 10.5. The van der Waals surface area contributed by atoms with Gasteiger partial charge in [0.15, 0.2) is 5.78 Å². The Labute approximate surface area is 120 Å². The molecular weight excluding hydrogens is 269 g/mol. The van der Waals surface area contributed by atoms with Gasteiger partial charge in [-0.1, -0.05) is 36.4 Å². The third-order valence-corrected chi connectivity index (χ3v) is 3.16. The van der Waals surface area contributed by atoms with Crippen LogP contribution in [0.2, 0.25) is 0 Å². The summed E-state index contributed by atoms with van der Waals surface area (Å²) in [5, 5.41) is 3.90. The van der Waals surface area contributed by atoms with Crippen LogP contribution in [0, 0.1) is 5.82 Å². The number of hydrogen-bond donors (Lipinski definition) is 0. The Morgan fingerprint density at radius 1 is 1.00 bits per heavy atom. The molecule has 1 aromatic heterocycles. The third-order valence-electron chi connectivity index (χ3n) is 3.16. The average molecular weight is 281 g/mol. The maximum Gasteiger partial charge on any atom is 0.184 e. The monoisotopic (exact) mass is 281 g/mol. The van der Waals surface area contributed by atoms with Crippen molar-refractivity contribution in [2.75, 3.05) is 0 Å². The zero-order valence-electron chi connectivity index (χ0n) is 11.1. The van der Waals surface area contributed by atoms with E-state index in [-0.39, 0.29) is 18.1 Å². The highest BCUT2D eigenvalue weighted by molar-refractivity contribution is 5.96. The van der Waals surface area contributed by atoms with Gasteiger partial charge in [0.1, 0.15) is 25.0 Å². The van der Waals surface area contributed by atoms with E-state index < -0.39 is 0 Å². The van der Waals surface area contributed by atoms with E-state index in [4.69, 9.17) is 0 Å². The molecule has 2 aromatic carbocycles. The number of nitrogens with zero attached hydrogens (tertiary/aromatic N) is 3. The molecule has 5 heteroatoms. The van der Waals surface area contributed by atoms with Gasteiger partial charge >= 0.3 is 0 Å². The number of ketones is 1. The van der Waals surface area contributed by atoms with Crippen LogP contribution in [0.3, 0.4) is 0 Å². The van der Waals surface area contributed by atoms with Gasteiger partial charge in [-0.2, -0.15) is 5.10 Å². The van der Waals surface area contributed by atoms with Crippen LogP contribution >= 0.6 is 0 Å². The van der Waals surface area contributed by atoms with Gasteiger partial charge in [0, 0.05) is 5.56 Å². The molecule has 3 rings (SSSR count). The van der Waals surface area contributed by atoms with Gasteiger partial charge < -0.3 is 0 Å². The third kappa shape index (κ3) is 3.02. The zero-order valence-corrected chi connectivity index (χ0v) is 11.1. The first-order valence-electron chi connectivity index (χ1n) is 6.44. The molecule has 0 aliphatic heterocycles. The Balaban J connectivity index is 1.77. The molecule has 0 aliphatic carbocycles. The Kier molecular flexibility index (Phi) is 3.55. The summed E-state index contributed by atoms with van der Waals surface area (Å²) in [4.78, 5) is 15.9. The van der Waals surface area contributed by atoms with Crippen molar-refractivity contribution in [1.29, 1.82) is 0 Å². The molecule has 4 nitrogen and oxygen atoms in total. The van der Waals surface area contributed by atoms with Crippen LogP contribution in [-0.4, -0.2) is 20.5 Å². The molecule has 0 saturated heterocycles. The molecule has 104 valence electrons. The second kappa shape index (κ2) is 5.66. The van der Waals surface area contributed by atoms with Crippen LogP contribution in [0.15, 0.2) is 61.2 Å². The Hall–Kier alpha value is -2.82. The summed E-state index contributed by atoms with van der Waals surface area (Å²) in [6.07, 6.45) is 2.90. The summed E-state index contributed by atoms with van der Waals surface area (Å²) < 4.78 is 14.4. The van der Waals surface area contributed by atoms with Gasteiger partial charge in [0.05, 0.1) is 0 Å². The number of Topliss-reactive ketones (excluding diaryl/α,β-unsaturated/α-hetero) is 1. The predicted octanol–water partition coefficient (Wildman–Crippen LogP) is 2.97. The molecule has 0 amide bonds. The van der Waals surface area contributed by atoms with Crippen LogP contribution < -0.4 is 0 Å². The van der Waals surface area contributed by atoms with E-state index in [0.717, 1.165) is 11.1 Å². The summed E-state index contributed by atoms with van der Waals surface area (Å²) >= 11 is 0. The minimum absolute atomic E-state index is 0.0360. The Morgan fingerprint density at radius 3 is 2.19 bits per heavy atom. The predicted molar refractivity (Wildman–Crippen MR) is 76.2 cm³/mol. The molecule has 0 bridgehead atoms. The standard InChI is InChI=1S/C16H12FN3O/c17-15-7-5-13(6-8-15)12-1-3-14(4-2-12)16(21)9-20-11-18-10-19-20/h1-8,10-11H,9H2. The lowest BCUT2D eigenvalue weighted by atomic mass is 10.0. The topological polar surface area (TPSA) is 47.8 Å². The van der Waals surface area contributed by atoms with E-state index in [1.807, 2.05) is 12.1 Å². The fourth-order valence-electron chi connectivity index (χ4n) is 2.04. The van der Waals surface area contributed by atoms with Crippen LogP contribution in [0.1, 0.15) is 10.4 Å². The zero-order chi connectivity index (χ0) is 14.7. The van der Waals surface area contributed by atoms with Crippen LogP contribution in [0.4, 0.5) is 4.39 Å². The minimum atomic E-state index is -0.265. The first kappa shape index (κ1) is 13.2. The molecule has 21 heavy (non-hydrogen) atoms. The van der Waals surface area contributed by atoms with Crippen molar-refractivity contribution in [3.8, 4) is 11.1 Å². The van der Waals surface area contributed by atoms with E-state index in [1.165, 1.54) is 29.5 Å². The van der Waals surface area contributed by atoms with Gasteiger partial charge in [-0.15, -0.1) is 0 Å². The molecular formula is C16H12FN3O. The lowest BCUT2D eigenvalue weighted by Gasteiger charge is -2.04. The fraction of sp³-hybridized carbons (Fsp3) is 0.0625. The number of carbonyl (C=O) groups is 1. The van der Waals surface area contributed by atoms with E-state index in [9.17, 15) is 9.18 Å². The van der Waals surface area contributed by atoms with Crippen molar-refractivity contribution in [2.24, 2.45) is 0 Å². The van der Waals surface area contributed by atoms with Crippen LogP contribution in [0.25, 0.3) is 11.1 Å². The first-order chi connectivity index (χ1) is 10.2. The molecule has 0 spiro atoms. The SMILES string of the molecule is O=C(Cn1cncn1)c1ccc(-c2ccc(F)cc2)cc1. The van der Waals surface area contributed by atoms with E-state index >= 15 is 0 Å².